The van der Waals surface area contributed by atoms with Crippen LogP contribution in [0, 0.1) is 10.1 Å². The summed E-state index contributed by atoms with van der Waals surface area (Å²) in [6.45, 7) is 0. The quantitative estimate of drug-likeness (QED) is 0.558. The number of carboxylic acid groups (broad SMARTS) is 1. The molecule has 0 aliphatic rings. The second-order valence-electron chi connectivity index (χ2n) is 3.48. The number of benzene rings is 1. The van der Waals surface area contributed by atoms with Crippen LogP contribution >= 0.6 is 0 Å². The van der Waals surface area contributed by atoms with Crippen LogP contribution in [0.25, 0.3) is 0 Å². The van der Waals surface area contributed by atoms with Crippen LogP contribution in [0.15, 0.2) is 29.2 Å². The highest BCUT2D eigenvalue weighted by Gasteiger charge is 2.23. The largest absolute Gasteiger partial charge is 0.480 e. The molecular weight excluding hydrogens is 264 g/mol. The van der Waals surface area contributed by atoms with Gasteiger partial charge in [0.25, 0.3) is 5.69 Å². The SMILES string of the molecule is NC(CS(=O)(=O)c1ccc([N+](=O)[O-])cc1)C(=O)O. The Morgan fingerprint density at radius 1 is 1.39 bits per heavy atom. The van der Waals surface area contributed by atoms with E-state index in [-0.39, 0.29) is 10.6 Å². The van der Waals surface area contributed by atoms with Crippen molar-refractivity contribution in [3.63, 3.8) is 0 Å². The fourth-order valence-corrected chi connectivity index (χ4v) is 2.54. The first-order valence-electron chi connectivity index (χ1n) is 4.69. The highest BCUT2D eigenvalue weighted by molar-refractivity contribution is 7.91. The van der Waals surface area contributed by atoms with Crippen molar-refractivity contribution in [2.24, 2.45) is 5.73 Å². The Balaban J connectivity index is 2.99. The number of carboxylic acids is 1. The average molecular weight is 274 g/mol. The number of aliphatic carboxylic acids is 1. The van der Waals surface area contributed by atoms with Crippen LogP contribution in [-0.4, -0.2) is 36.2 Å². The first-order chi connectivity index (χ1) is 8.24. The number of nitrogens with two attached hydrogens (primary N) is 1. The predicted octanol–water partition coefficient (Wildman–Crippen LogP) is -0.220. The Kier molecular flexibility index (Phi) is 3.99. The van der Waals surface area contributed by atoms with Crippen molar-refractivity contribution >= 4 is 21.5 Å². The molecule has 1 aromatic rings. The van der Waals surface area contributed by atoms with Crippen molar-refractivity contribution in [1.29, 1.82) is 0 Å². The van der Waals surface area contributed by atoms with Gasteiger partial charge >= 0.3 is 5.97 Å². The van der Waals surface area contributed by atoms with Crippen LogP contribution in [0.5, 0.6) is 0 Å². The molecule has 98 valence electrons. The summed E-state index contributed by atoms with van der Waals surface area (Å²) >= 11 is 0. The Morgan fingerprint density at radius 2 is 1.89 bits per heavy atom. The molecule has 3 N–H and O–H groups in total. The minimum atomic E-state index is -3.88. The summed E-state index contributed by atoms with van der Waals surface area (Å²) in [7, 11) is -3.88. The molecule has 0 spiro atoms. The van der Waals surface area contributed by atoms with Gasteiger partial charge in [-0.1, -0.05) is 0 Å². The van der Waals surface area contributed by atoms with Gasteiger partial charge in [-0.3, -0.25) is 14.9 Å². The van der Waals surface area contributed by atoms with Gasteiger partial charge in [0.15, 0.2) is 9.84 Å². The Bertz CT molecular complexity index is 565. The minimum Gasteiger partial charge on any atom is -0.480 e. The summed E-state index contributed by atoms with van der Waals surface area (Å²) < 4.78 is 23.4. The molecule has 9 heteroatoms. The number of rotatable bonds is 5. The summed E-state index contributed by atoms with van der Waals surface area (Å²) in [6.07, 6.45) is 0. The van der Waals surface area contributed by atoms with E-state index >= 15 is 0 Å². The van der Waals surface area contributed by atoms with Crippen LogP contribution in [0.4, 0.5) is 5.69 Å². The summed E-state index contributed by atoms with van der Waals surface area (Å²) in [5.74, 6) is -2.19. The van der Waals surface area contributed by atoms with Gasteiger partial charge in [-0.25, -0.2) is 8.42 Å². The van der Waals surface area contributed by atoms with E-state index in [0.29, 0.717) is 0 Å². The molecule has 1 rings (SSSR count). The Labute approximate surface area is 102 Å². The zero-order chi connectivity index (χ0) is 13.9. The molecule has 1 unspecified atom stereocenters. The molecular formula is C9H10N2O6S. The number of nitro groups is 1. The zero-order valence-electron chi connectivity index (χ0n) is 9.02. The molecule has 0 radical (unpaired) electrons. The molecule has 8 nitrogen and oxygen atoms in total. The predicted molar refractivity (Wildman–Crippen MR) is 60.8 cm³/mol. The first kappa shape index (κ1) is 14.1. The Hall–Kier alpha value is -2.00. The lowest BCUT2D eigenvalue weighted by molar-refractivity contribution is -0.384. The van der Waals surface area contributed by atoms with E-state index in [2.05, 4.69) is 0 Å². The lowest BCUT2D eigenvalue weighted by Gasteiger charge is -2.07. The number of hydrogen-bond donors (Lipinski definition) is 2. The highest BCUT2D eigenvalue weighted by Crippen LogP contribution is 2.17. The number of sulfone groups is 1. The van der Waals surface area contributed by atoms with Crippen molar-refractivity contribution < 1.29 is 23.2 Å². The molecule has 18 heavy (non-hydrogen) atoms. The van der Waals surface area contributed by atoms with Crippen LogP contribution in [0.2, 0.25) is 0 Å². The van der Waals surface area contributed by atoms with Crippen molar-refractivity contribution in [2.75, 3.05) is 5.75 Å². The summed E-state index contributed by atoms with van der Waals surface area (Å²) in [5, 5.41) is 18.9. The fraction of sp³-hybridized carbons (Fsp3) is 0.222. The van der Waals surface area contributed by atoms with Crippen molar-refractivity contribution in [3.05, 3.63) is 34.4 Å². The topological polar surface area (TPSA) is 141 Å². The van der Waals surface area contributed by atoms with Gasteiger partial charge in [0.05, 0.1) is 15.6 Å². The van der Waals surface area contributed by atoms with Gasteiger partial charge in [0.2, 0.25) is 0 Å². The van der Waals surface area contributed by atoms with E-state index in [0.717, 1.165) is 24.3 Å². The van der Waals surface area contributed by atoms with E-state index in [1.807, 2.05) is 0 Å². The van der Waals surface area contributed by atoms with Gasteiger partial charge in [-0.2, -0.15) is 0 Å². The normalized spacial score (nSPS) is 12.9. The molecule has 0 aromatic heterocycles. The molecule has 0 aliphatic carbocycles. The van der Waals surface area contributed by atoms with Crippen LogP contribution < -0.4 is 5.73 Å². The maximum Gasteiger partial charge on any atom is 0.321 e. The molecule has 0 aliphatic heterocycles. The first-order valence-corrected chi connectivity index (χ1v) is 6.35. The van der Waals surface area contributed by atoms with E-state index in [9.17, 15) is 23.3 Å². The molecule has 1 aromatic carbocycles. The summed E-state index contributed by atoms with van der Waals surface area (Å²) in [6, 6.07) is 2.60. The molecule has 0 bridgehead atoms. The Morgan fingerprint density at radius 3 is 2.28 bits per heavy atom. The van der Waals surface area contributed by atoms with E-state index < -0.39 is 32.5 Å². The third-order valence-corrected chi connectivity index (χ3v) is 3.91. The number of nitrogens with zero attached hydrogens (tertiary/aromatic N) is 1. The third kappa shape index (κ3) is 3.25. The maximum atomic E-state index is 11.7. The maximum absolute atomic E-state index is 11.7. The molecule has 0 heterocycles. The van der Waals surface area contributed by atoms with E-state index in [1.54, 1.807) is 0 Å². The second-order valence-corrected chi connectivity index (χ2v) is 5.51. The lowest BCUT2D eigenvalue weighted by Crippen LogP contribution is -2.37. The average Bonchev–Trinajstić information content (AvgIpc) is 2.28. The third-order valence-electron chi connectivity index (χ3n) is 2.12. The van der Waals surface area contributed by atoms with E-state index in [4.69, 9.17) is 10.8 Å². The zero-order valence-corrected chi connectivity index (χ0v) is 9.83. The number of nitro benzene ring substituents is 1. The van der Waals surface area contributed by atoms with E-state index in [1.165, 1.54) is 0 Å². The molecule has 1 atom stereocenters. The van der Waals surface area contributed by atoms with Crippen LogP contribution in [-0.2, 0) is 14.6 Å². The van der Waals surface area contributed by atoms with Crippen LogP contribution in [0.1, 0.15) is 0 Å². The summed E-state index contributed by atoms with van der Waals surface area (Å²) in [4.78, 5) is 20.0. The highest BCUT2D eigenvalue weighted by atomic mass is 32.2. The fourth-order valence-electron chi connectivity index (χ4n) is 1.18. The molecule has 0 fully saturated rings. The lowest BCUT2D eigenvalue weighted by atomic mass is 10.3. The van der Waals surface area contributed by atoms with Crippen LogP contribution in [0.3, 0.4) is 0 Å². The standard InChI is InChI=1S/C9H10N2O6S/c10-8(9(12)13)5-18(16,17)7-3-1-6(2-4-7)11(14)15/h1-4,8H,5,10H2,(H,12,13). The summed E-state index contributed by atoms with van der Waals surface area (Å²) in [5.41, 5.74) is 4.88. The van der Waals surface area contributed by atoms with Crippen molar-refractivity contribution in [1.82, 2.24) is 0 Å². The van der Waals surface area contributed by atoms with Gasteiger partial charge in [0.1, 0.15) is 6.04 Å². The van der Waals surface area contributed by atoms with Gasteiger partial charge < -0.3 is 10.8 Å². The minimum absolute atomic E-state index is 0.204. The monoisotopic (exact) mass is 274 g/mol. The van der Waals surface area contributed by atoms with Crippen molar-refractivity contribution in [3.8, 4) is 0 Å². The number of non-ortho nitro benzene ring substituents is 1. The number of carbonyl (C=O) groups is 1. The number of hydrogen-bond acceptors (Lipinski definition) is 6. The van der Waals surface area contributed by atoms with Crippen molar-refractivity contribution in [2.45, 2.75) is 10.9 Å². The van der Waals surface area contributed by atoms with Gasteiger partial charge in [-0.15, -0.1) is 0 Å². The molecule has 0 saturated heterocycles. The smallest absolute Gasteiger partial charge is 0.321 e. The molecule has 0 amide bonds. The molecule has 0 saturated carbocycles. The second kappa shape index (κ2) is 5.10. The van der Waals surface area contributed by atoms with Gasteiger partial charge in [-0.05, 0) is 12.1 Å². The van der Waals surface area contributed by atoms with Gasteiger partial charge in [0, 0.05) is 12.1 Å².